The maximum Gasteiger partial charge on any atom is 0.303 e. The molecule has 0 saturated carbocycles. The summed E-state index contributed by atoms with van der Waals surface area (Å²) in [5, 5.41) is 55.9. The molecule has 1 rings (SSSR count). The minimum absolute atomic E-state index is 0.0246. The minimum Gasteiger partial charge on any atom is -0.481 e. The number of rotatable bonds is 7. The summed E-state index contributed by atoms with van der Waals surface area (Å²) in [6.07, 6.45) is -6.60. The highest BCUT2D eigenvalue weighted by atomic mass is 16.6. The molecule has 8 nitrogen and oxygen atoms in total. The van der Waals surface area contributed by atoms with Crippen LogP contribution in [0.4, 0.5) is 0 Å². The zero-order chi connectivity index (χ0) is 15.3. The Morgan fingerprint density at radius 2 is 1.70 bits per heavy atom. The molecule has 6 atom stereocenters. The maximum absolute atomic E-state index is 10.3. The predicted molar refractivity (Wildman–Crippen MR) is 65.6 cm³/mol. The molecular weight excluding hydrogens is 272 g/mol. The van der Waals surface area contributed by atoms with Gasteiger partial charge in [-0.3, -0.25) is 4.79 Å². The lowest BCUT2D eigenvalue weighted by molar-refractivity contribution is -0.283. The van der Waals surface area contributed by atoms with Crippen molar-refractivity contribution in [2.24, 2.45) is 0 Å². The number of carbonyl (C=O) groups is 1. The summed E-state index contributed by atoms with van der Waals surface area (Å²) in [7, 11) is 0. The minimum atomic E-state index is -1.58. The van der Waals surface area contributed by atoms with E-state index in [9.17, 15) is 30.3 Å². The van der Waals surface area contributed by atoms with Crippen molar-refractivity contribution in [3.8, 4) is 0 Å². The third-order valence-corrected chi connectivity index (χ3v) is 3.40. The van der Waals surface area contributed by atoms with E-state index in [4.69, 9.17) is 9.84 Å². The number of ether oxygens (including phenoxy) is 1. The monoisotopic (exact) mass is 294 g/mol. The van der Waals surface area contributed by atoms with E-state index in [1.165, 1.54) is 0 Å². The van der Waals surface area contributed by atoms with Crippen LogP contribution in [0.5, 0.6) is 0 Å². The van der Waals surface area contributed by atoms with Crippen LogP contribution in [0.25, 0.3) is 0 Å². The van der Waals surface area contributed by atoms with Crippen molar-refractivity contribution in [1.82, 2.24) is 0 Å². The average molecular weight is 294 g/mol. The summed E-state index contributed by atoms with van der Waals surface area (Å²) in [6, 6.07) is 0. The molecular formula is C12H22O8. The van der Waals surface area contributed by atoms with Gasteiger partial charge in [0.15, 0.2) is 6.29 Å². The molecule has 118 valence electrons. The molecule has 0 amide bonds. The van der Waals surface area contributed by atoms with Crippen LogP contribution < -0.4 is 0 Å². The summed E-state index contributed by atoms with van der Waals surface area (Å²) in [4.78, 5) is 10.3. The van der Waals surface area contributed by atoms with Gasteiger partial charge in [-0.25, -0.2) is 0 Å². The highest BCUT2D eigenvalue weighted by molar-refractivity contribution is 5.66. The fourth-order valence-corrected chi connectivity index (χ4v) is 2.16. The SMILES string of the molecule is O=C(O)CCCC(O)CC[C@@H]1O[C@@H](O)[C@@H](O)[C@H](O)[C@@H]1O. The molecule has 0 spiro atoms. The second-order valence-corrected chi connectivity index (χ2v) is 5.05. The van der Waals surface area contributed by atoms with Crippen molar-refractivity contribution >= 4 is 5.97 Å². The standard InChI is InChI=1S/C12H22O8/c13-6(2-1-3-8(14)15)4-5-7-9(16)10(17)11(18)12(19)20-7/h6-7,9-13,16-19H,1-5H2,(H,14,15)/t6?,7-,9+,10+,11-,12+/m0/s1. The molecule has 1 fully saturated rings. The van der Waals surface area contributed by atoms with E-state index < -0.39 is 42.8 Å². The summed E-state index contributed by atoms with van der Waals surface area (Å²) >= 11 is 0. The number of aliphatic hydroxyl groups excluding tert-OH is 5. The van der Waals surface area contributed by atoms with E-state index in [1.807, 2.05) is 0 Å². The topological polar surface area (TPSA) is 148 Å². The van der Waals surface area contributed by atoms with Gasteiger partial charge in [-0.15, -0.1) is 0 Å². The Kier molecular flexibility index (Phi) is 6.80. The molecule has 0 aliphatic carbocycles. The molecule has 1 saturated heterocycles. The second-order valence-electron chi connectivity index (χ2n) is 5.05. The first-order chi connectivity index (χ1) is 9.32. The molecule has 20 heavy (non-hydrogen) atoms. The molecule has 1 heterocycles. The van der Waals surface area contributed by atoms with Crippen LogP contribution in [0.3, 0.4) is 0 Å². The van der Waals surface area contributed by atoms with Gasteiger partial charge in [0.1, 0.15) is 18.3 Å². The Balaban J connectivity index is 2.31. The lowest BCUT2D eigenvalue weighted by atomic mass is 9.94. The van der Waals surface area contributed by atoms with E-state index in [0.29, 0.717) is 12.8 Å². The van der Waals surface area contributed by atoms with Gasteiger partial charge in [0, 0.05) is 6.42 Å². The van der Waals surface area contributed by atoms with Gasteiger partial charge in [0.25, 0.3) is 0 Å². The molecule has 0 bridgehead atoms. The van der Waals surface area contributed by atoms with Gasteiger partial charge in [-0.05, 0) is 25.7 Å². The Morgan fingerprint density at radius 1 is 1.05 bits per heavy atom. The second kappa shape index (κ2) is 7.87. The van der Waals surface area contributed by atoms with Crippen molar-refractivity contribution in [2.45, 2.75) is 68.9 Å². The van der Waals surface area contributed by atoms with Gasteiger partial charge < -0.3 is 35.4 Å². The molecule has 0 aromatic carbocycles. The molecule has 1 aliphatic rings. The van der Waals surface area contributed by atoms with Crippen LogP contribution in [-0.4, -0.2) is 73.4 Å². The summed E-state index contributed by atoms with van der Waals surface area (Å²) in [5.41, 5.74) is 0. The first-order valence-electron chi connectivity index (χ1n) is 6.60. The normalized spacial score (nSPS) is 35.8. The molecule has 8 heteroatoms. The number of aliphatic hydroxyl groups is 5. The number of carboxylic acids is 1. The first kappa shape index (κ1) is 17.3. The number of hydrogen-bond donors (Lipinski definition) is 6. The van der Waals surface area contributed by atoms with Crippen LogP contribution in [0.2, 0.25) is 0 Å². The quantitative estimate of drug-likeness (QED) is 0.322. The smallest absolute Gasteiger partial charge is 0.303 e. The Morgan fingerprint density at radius 3 is 2.30 bits per heavy atom. The van der Waals surface area contributed by atoms with E-state index in [0.717, 1.165) is 0 Å². The molecule has 1 unspecified atom stereocenters. The summed E-state index contributed by atoms with van der Waals surface area (Å²) in [6.45, 7) is 0. The molecule has 0 aromatic heterocycles. The third kappa shape index (κ3) is 4.97. The van der Waals surface area contributed by atoms with Gasteiger partial charge in [-0.2, -0.15) is 0 Å². The van der Waals surface area contributed by atoms with Gasteiger partial charge in [0.2, 0.25) is 0 Å². The number of carboxylic acid groups (broad SMARTS) is 1. The van der Waals surface area contributed by atoms with Crippen LogP contribution in [0.1, 0.15) is 32.1 Å². The number of aliphatic carboxylic acids is 1. The predicted octanol–water partition coefficient (Wildman–Crippen LogP) is -1.82. The molecule has 1 aliphatic heterocycles. The largest absolute Gasteiger partial charge is 0.481 e. The Bertz CT molecular complexity index is 310. The van der Waals surface area contributed by atoms with Crippen molar-refractivity contribution in [1.29, 1.82) is 0 Å². The lowest BCUT2D eigenvalue weighted by Gasteiger charge is -2.38. The van der Waals surface area contributed by atoms with Gasteiger partial charge >= 0.3 is 5.97 Å². The van der Waals surface area contributed by atoms with E-state index in [1.54, 1.807) is 0 Å². The van der Waals surface area contributed by atoms with Crippen molar-refractivity contribution in [3.05, 3.63) is 0 Å². The molecule has 6 N–H and O–H groups in total. The Hall–Kier alpha value is -0.770. The van der Waals surface area contributed by atoms with Gasteiger partial charge in [0.05, 0.1) is 12.2 Å². The van der Waals surface area contributed by atoms with E-state index in [-0.39, 0.29) is 19.3 Å². The van der Waals surface area contributed by atoms with Crippen LogP contribution in [0.15, 0.2) is 0 Å². The van der Waals surface area contributed by atoms with E-state index in [2.05, 4.69) is 0 Å². The fraction of sp³-hybridized carbons (Fsp3) is 0.917. The van der Waals surface area contributed by atoms with Crippen LogP contribution >= 0.6 is 0 Å². The summed E-state index contributed by atoms with van der Waals surface area (Å²) in [5.74, 6) is -0.927. The first-order valence-corrected chi connectivity index (χ1v) is 6.60. The van der Waals surface area contributed by atoms with E-state index >= 15 is 0 Å². The molecule has 0 radical (unpaired) electrons. The summed E-state index contributed by atoms with van der Waals surface area (Å²) < 4.78 is 4.96. The zero-order valence-electron chi connectivity index (χ0n) is 11.0. The van der Waals surface area contributed by atoms with Crippen LogP contribution in [0, 0.1) is 0 Å². The fourth-order valence-electron chi connectivity index (χ4n) is 2.16. The third-order valence-electron chi connectivity index (χ3n) is 3.40. The lowest BCUT2D eigenvalue weighted by Crippen LogP contribution is -2.57. The zero-order valence-corrected chi connectivity index (χ0v) is 11.0. The van der Waals surface area contributed by atoms with Crippen molar-refractivity contribution in [3.63, 3.8) is 0 Å². The maximum atomic E-state index is 10.3. The highest BCUT2D eigenvalue weighted by Gasteiger charge is 2.42. The van der Waals surface area contributed by atoms with Crippen LogP contribution in [-0.2, 0) is 9.53 Å². The Labute approximate surface area is 116 Å². The molecule has 0 aromatic rings. The number of hydrogen-bond acceptors (Lipinski definition) is 7. The highest BCUT2D eigenvalue weighted by Crippen LogP contribution is 2.23. The van der Waals surface area contributed by atoms with Crippen molar-refractivity contribution in [2.75, 3.05) is 0 Å². The van der Waals surface area contributed by atoms with Crippen molar-refractivity contribution < 1.29 is 40.2 Å². The average Bonchev–Trinajstić information content (AvgIpc) is 2.38. The van der Waals surface area contributed by atoms with Gasteiger partial charge in [-0.1, -0.05) is 0 Å².